The molecule has 0 aromatic heterocycles. The summed E-state index contributed by atoms with van der Waals surface area (Å²) in [5.41, 5.74) is 0. The standard InChI is InChI=1S/C33H48O13/c1-24(17-21-44-31(39)14-11-28(36)10-9-26(3)34)7-12-29(37)42-19-5-6-20-43-30(38)13-8-25(2)18-22-45-32(40)15-16-33(41)46-23-27(4)35/h11,14-16,24-27,34-35H,7-10,12-13,17-23H2,1-4H3/b14-11+,16-15+. The van der Waals surface area contributed by atoms with Crippen molar-refractivity contribution >= 4 is 35.6 Å². The van der Waals surface area contributed by atoms with E-state index in [2.05, 4.69) is 16.6 Å². The van der Waals surface area contributed by atoms with Crippen molar-refractivity contribution in [3.05, 3.63) is 24.3 Å². The van der Waals surface area contributed by atoms with E-state index < -0.39 is 42.1 Å². The first-order chi connectivity index (χ1) is 21.8. The van der Waals surface area contributed by atoms with Gasteiger partial charge in [0.05, 0.1) is 25.4 Å². The van der Waals surface area contributed by atoms with Crippen LogP contribution in [0.5, 0.6) is 0 Å². The van der Waals surface area contributed by atoms with Crippen LogP contribution in [0.2, 0.25) is 0 Å². The number of carbonyl (C=O) groups is 6. The van der Waals surface area contributed by atoms with Crippen LogP contribution in [0.4, 0.5) is 0 Å². The molecule has 0 saturated carbocycles. The van der Waals surface area contributed by atoms with Gasteiger partial charge in [0.15, 0.2) is 19.0 Å². The lowest BCUT2D eigenvalue weighted by Gasteiger charge is -2.10. The molecule has 2 N–H and O–H groups in total. The molecule has 4 atom stereocenters. The van der Waals surface area contributed by atoms with E-state index in [0.717, 1.165) is 24.3 Å². The summed E-state index contributed by atoms with van der Waals surface area (Å²) in [6, 6.07) is 0. The van der Waals surface area contributed by atoms with E-state index in [4.69, 9.17) is 29.2 Å². The van der Waals surface area contributed by atoms with Crippen LogP contribution in [0, 0.1) is 23.7 Å². The molecule has 0 aliphatic carbocycles. The summed E-state index contributed by atoms with van der Waals surface area (Å²) in [7, 11) is 0. The third kappa shape index (κ3) is 27.5. The number of hydrogen-bond donors (Lipinski definition) is 2. The van der Waals surface area contributed by atoms with Crippen LogP contribution in [0.25, 0.3) is 0 Å². The van der Waals surface area contributed by atoms with Gasteiger partial charge in [0, 0.05) is 37.5 Å². The molecule has 0 heterocycles. The van der Waals surface area contributed by atoms with Gasteiger partial charge in [0.1, 0.15) is 6.61 Å². The first-order valence-electron chi connectivity index (χ1n) is 15.3. The Morgan fingerprint density at radius 1 is 0.543 bits per heavy atom. The third-order valence-electron chi connectivity index (χ3n) is 6.16. The molecule has 0 bridgehead atoms. The van der Waals surface area contributed by atoms with E-state index in [1.807, 2.05) is 13.8 Å². The van der Waals surface area contributed by atoms with Gasteiger partial charge in [0.2, 0.25) is 0 Å². The average molecular weight is 653 g/mol. The molecule has 13 nitrogen and oxygen atoms in total. The second kappa shape index (κ2) is 26.2. The molecule has 13 heteroatoms. The molecule has 0 saturated heterocycles. The van der Waals surface area contributed by atoms with E-state index in [1.54, 1.807) is 6.92 Å². The maximum atomic E-state index is 11.9. The maximum Gasteiger partial charge on any atom is 0.331 e. The van der Waals surface area contributed by atoms with Crippen molar-refractivity contribution in [2.45, 2.75) is 91.3 Å². The molecule has 46 heavy (non-hydrogen) atoms. The highest BCUT2D eigenvalue weighted by Crippen LogP contribution is 2.12. The van der Waals surface area contributed by atoms with E-state index in [1.165, 1.54) is 6.92 Å². The number of ether oxygens (including phenoxy) is 5. The van der Waals surface area contributed by atoms with Gasteiger partial charge in [-0.3, -0.25) is 14.4 Å². The van der Waals surface area contributed by atoms with Gasteiger partial charge in [-0.25, -0.2) is 14.4 Å². The summed E-state index contributed by atoms with van der Waals surface area (Å²) < 4.78 is 24.8. The summed E-state index contributed by atoms with van der Waals surface area (Å²) in [4.78, 5) is 70.0. The topological polar surface area (TPSA) is 189 Å². The Balaban J connectivity index is 3.92. The van der Waals surface area contributed by atoms with Crippen molar-refractivity contribution in [3.8, 4) is 11.8 Å². The van der Waals surface area contributed by atoms with Gasteiger partial charge in [-0.05, 0) is 63.9 Å². The third-order valence-corrected chi connectivity index (χ3v) is 6.16. The summed E-state index contributed by atoms with van der Waals surface area (Å²) in [6.45, 7) is 6.63. The molecule has 258 valence electrons. The van der Waals surface area contributed by atoms with Gasteiger partial charge < -0.3 is 33.9 Å². The van der Waals surface area contributed by atoms with Crippen LogP contribution in [0.15, 0.2) is 24.3 Å². The lowest BCUT2D eigenvalue weighted by molar-refractivity contribution is -0.143. The van der Waals surface area contributed by atoms with Crippen molar-refractivity contribution in [1.29, 1.82) is 0 Å². The van der Waals surface area contributed by atoms with E-state index in [0.29, 0.717) is 32.1 Å². The number of aliphatic hydroxyl groups is 2. The molecular formula is C33H48O13. The minimum Gasteiger partial charge on any atom is -0.463 e. The Labute approximate surface area is 270 Å². The number of hydrogen-bond acceptors (Lipinski definition) is 13. The van der Waals surface area contributed by atoms with Crippen LogP contribution in [0.1, 0.15) is 79.1 Å². The molecule has 0 fully saturated rings. The highest BCUT2D eigenvalue weighted by molar-refractivity contribution is 5.95. The number of allylic oxidation sites excluding steroid dienone is 1. The quantitative estimate of drug-likeness (QED) is 0.0710. The fourth-order valence-electron chi connectivity index (χ4n) is 3.30. The molecular weight excluding hydrogens is 604 g/mol. The van der Waals surface area contributed by atoms with Crippen LogP contribution >= 0.6 is 0 Å². The number of aliphatic hydroxyl groups excluding tert-OH is 2. The summed E-state index contributed by atoms with van der Waals surface area (Å²) in [6.07, 6.45) is 5.53. The van der Waals surface area contributed by atoms with E-state index in [-0.39, 0.29) is 69.9 Å². The fraction of sp³-hybridized carbons (Fsp3) is 0.636. The van der Waals surface area contributed by atoms with Crippen molar-refractivity contribution in [3.63, 3.8) is 0 Å². The highest BCUT2D eigenvalue weighted by Gasteiger charge is 2.11. The SMILES string of the molecule is CC(O)CCC(=O)/C=C/C(=O)OCCC(C)CCC(=O)OCC#CCOC(=O)CCC(C)CCOC(=O)/C=C/C(=O)OCC(C)O. The largest absolute Gasteiger partial charge is 0.463 e. The number of carbonyl (C=O) groups excluding carboxylic acids is 6. The highest BCUT2D eigenvalue weighted by atomic mass is 16.6. The molecule has 0 rings (SSSR count). The molecule has 0 aliphatic rings. The number of esters is 5. The van der Waals surface area contributed by atoms with Crippen molar-refractivity contribution < 1.29 is 62.7 Å². The zero-order valence-electron chi connectivity index (χ0n) is 27.2. The Morgan fingerprint density at radius 2 is 0.978 bits per heavy atom. The monoisotopic (exact) mass is 652 g/mol. The van der Waals surface area contributed by atoms with Gasteiger partial charge in [-0.1, -0.05) is 25.7 Å². The number of rotatable bonds is 23. The molecule has 0 radical (unpaired) electrons. The van der Waals surface area contributed by atoms with Crippen molar-refractivity contribution in [2.24, 2.45) is 11.8 Å². The molecule has 0 amide bonds. The minimum atomic E-state index is -0.802. The average Bonchev–Trinajstić information content (AvgIpc) is 3.00. The van der Waals surface area contributed by atoms with E-state index >= 15 is 0 Å². The Kier molecular flexibility index (Phi) is 23.9. The van der Waals surface area contributed by atoms with Crippen molar-refractivity contribution in [1.82, 2.24) is 0 Å². The zero-order chi connectivity index (χ0) is 34.7. The lowest BCUT2D eigenvalue weighted by atomic mass is 10.0. The molecule has 0 aromatic carbocycles. The molecule has 4 unspecified atom stereocenters. The smallest absolute Gasteiger partial charge is 0.331 e. The summed E-state index contributed by atoms with van der Waals surface area (Å²) in [5, 5.41) is 18.2. The first-order valence-corrected chi connectivity index (χ1v) is 15.3. The predicted octanol–water partition coefficient (Wildman–Crippen LogP) is 2.54. The van der Waals surface area contributed by atoms with Crippen LogP contribution in [-0.2, 0) is 52.5 Å². The maximum absolute atomic E-state index is 11.9. The summed E-state index contributed by atoms with van der Waals surface area (Å²) >= 11 is 0. The molecule has 0 aromatic rings. The number of ketones is 1. The van der Waals surface area contributed by atoms with E-state index in [9.17, 15) is 28.8 Å². The van der Waals surface area contributed by atoms with Crippen LogP contribution < -0.4 is 0 Å². The Hall–Kier alpha value is -4.02. The van der Waals surface area contributed by atoms with Gasteiger partial charge >= 0.3 is 29.8 Å². The Morgan fingerprint density at radius 3 is 1.41 bits per heavy atom. The van der Waals surface area contributed by atoms with Gasteiger partial charge in [-0.2, -0.15) is 0 Å². The molecule has 0 spiro atoms. The second-order valence-corrected chi connectivity index (χ2v) is 10.9. The first kappa shape index (κ1) is 42.0. The second-order valence-electron chi connectivity index (χ2n) is 10.9. The minimum absolute atomic E-state index is 0.0648. The normalized spacial score (nSPS) is 13.5. The fourth-order valence-corrected chi connectivity index (χ4v) is 3.30. The van der Waals surface area contributed by atoms with Crippen molar-refractivity contribution in [2.75, 3.05) is 33.0 Å². The molecule has 0 aliphatic heterocycles. The summed E-state index contributed by atoms with van der Waals surface area (Å²) in [5.74, 6) is 2.13. The Bertz CT molecular complexity index is 997. The van der Waals surface area contributed by atoms with Crippen LogP contribution in [-0.4, -0.2) is 91.1 Å². The lowest BCUT2D eigenvalue weighted by Crippen LogP contribution is -2.14. The van der Waals surface area contributed by atoms with Crippen LogP contribution in [0.3, 0.4) is 0 Å². The predicted molar refractivity (Wildman–Crippen MR) is 164 cm³/mol. The van der Waals surface area contributed by atoms with Gasteiger partial charge in [-0.15, -0.1) is 0 Å². The van der Waals surface area contributed by atoms with Gasteiger partial charge in [0.25, 0.3) is 0 Å². The zero-order valence-corrected chi connectivity index (χ0v) is 27.2.